The number of nitro benzene ring substituents is 1. The first-order valence-electron chi connectivity index (χ1n) is 5.73. The average molecular weight is 296 g/mol. The largest absolute Gasteiger partial charge is 0.392 e. The zero-order valence-electron chi connectivity index (χ0n) is 10.5. The van der Waals surface area contributed by atoms with Crippen LogP contribution < -0.4 is 10.6 Å². The molecular weight excluding hydrogens is 284 g/mol. The highest BCUT2D eigenvalue weighted by Gasteiger charge is 2.11. The summed E-state index contributed by atoms with van der Waals surface area (Å²) in [5, 5.41) is 25.0. The zero-order valence-corrected chi connectivity index (χ0v) is 11.3. The minimum atomic E-state index is -0.640. The van der Waals surface area contributed by atoms with Gasteiger partial charge in [-0.25, -0.2) is 9.78 Å². The molecule has 20 heavy (non-hydrogen) atoms. The highest BCUT2D eigenvalue weighted by Crippen LogP contribution is 2.28. The van der Waals surface area contributed by atoms with Crippen molar-refractivity contribution in [3.05, 3.63) is 28.3 Å². The van der Waals surface area contributed by atoms with E-state index >= 15 is 0 Å². The predicted molar refractivity (Wildman–Crippen MR) is 75.0 cm³/mol. The maximum Gasteiger partial charge on any atom is 0.321 e. The highest BCUT2D eigenvalue weighted by molar-refractivity contribution is 7.22. The van der Waals surface area contributed by atoms with Gasteiger partial charge in [0.2, 0.25) is 0 Å². The summed E-state index contributed by atoms with van der Waals surface area (Å²) in [4.78, 5) is 25.8. The summed E-state index contributed by atoms with van der Waals surface area (Å²) >= 11 is 1.14. The topological polar surface area (TPSA) is 117 Å². The maximum atomic E-state index is 11.5. The van der Waals surface area contributed by atoms with Crippen LogP contribution in [0.25, 0.3) is 10.2 Å². The first-order chi connectivity index (χ1) is 9.45. The Morgan fingerprint density at radius 2 is 2.35 bits per heavy atom. The fourth-order valence-electron chi connectivity index (χ4n) is 1.46. The van der Waals surface area contributed by atoms with Gasteiger partial charge < -0.3 is 10.4 Å². The number of carbonyl (C=O) groups excluding carboxylic acids is 1. The fourth-order valence-corrected chi connectivity index (χ4v) is 2.36. The van der Waals surface area contributed by atoms with Crippen molar-refractivity contribution in [2.24, 2.45) is 0 Å². The lowest BCUT2D eigenvalue weighted by atomic mass is 10.3. The number of non-ortho nitro benzene ring substituents is 1. The van der Waals surface area contributed by atoms with Crippen molar-refractivity contribution in [1.29, 1.82) is 0 Å². The normalized spacial score (nSPS) is 12.1. The van der Waals surface area contributed by atoms with Crippen LogP contribution in [0.3, 0.4) is 0 Å². The number of nitrogens with zero attached hydrogens (tertiary/aromatic N) is 2. The second-order valence-electron chi connectivity index (χ2n) is 4.11. The minimum Gasteiger partial charge on any atom is -0.392 e. The smallest absolute Gasteiger partial charge is 0.321 e. The Kier molecular flexibility index (Phi) is 4.11. The molecule has 0 aliphatic carbocycles. The van der Waals surface area contributed by atoms with E-state index in [2.05, 4.69) is 15.6 Å². The summed E-state index contributed by atoms with van der Waals surface area (Å²) in [7, 11) is 0. The molecule has 0 fully saturated rings. The number of carbonyl (C=O) groups is 1. The number of hydrogen-bond acceptors (Lipinski definition) is 6. The number of fused-ring (bicyclic) bond motifs is 1. The molecule has 0 spiro atoms. The van der Waals surface area contributed by atoms with Crippen molar-refractivity contribution in [3.63, 3.8) is 0 Å². The molecule has 106 valence electrons. The zero-order chi connectivity index (χ0) is 14.7. The van der Waals surface area contributed by atoms with Gasteiger partial charge in [-0.05, 0) is 13.0 Å². The van der Waals surface area contributed by atoms with Gasteiger partial charge in [-0.15, -0.1) is 0 Å². The lowest BCUT2D eigenvalue weighted by molar-refractivity contribution is -0.384. The van der Waals surface area contributed by atoms with E-state index in [0.29, 0.717) is 15.3 Å². The molecule has 0 aliphatic heterocycles. The third-order valence-electron chi connectivity index (χ3n) is 2.36. The van der Waals surface area contributed by atoms with E-state index in [9.17, 15) is 14.9 Å². The van der Waals surface area contributed by atoms with Crippen LogP contribution in [0.1, 0.15) is 6.92 Å². The molecule has 1 aromatic carbocycles. The monoisotopic (exact) mass is 296 g/mol. The molecule has 3 N–H and O–H groups in total. The third-order valence-corrected chi connectivity index (χ3v) is 3.29. The molecule has 0 radical (unpaired) electrons. The van der Waals surface area contributed by atoms with Gasteiger partial charge in [-0.2, -0.15) is 0 Å². The minimum absolute atomic E-state index is 0.0220. The highest BCUT2D eigenvalue weighted by atomic mass is 32.1. The van der Waals surface area contributed by atoms with Crippen molar-refractivity contribution < 1.29 is 14.8 Å². The molecule has 0 bridgehead atoms. The van der Waals surface area contributed by atoms with Gasteiger partial charge in [0.1, 0.15) is 0 Å². The maximum absolute atomic E-state index is 11.5. The number of aliphatic hydroxyl groups is 1. The number of nitrogens with one attached hydrogen (secondary N) is 2. The van der Waals surface area contributed by atoms with Gasteiger partial charge in [0.05, 0.1) is 21.2 Å². The van der Waals surface area contributed by atoms with E-state index in [4.69, 9.17) is 5.11 Å². The van der Waals surface area contributed by atoms with Crippen LogP contribution in [0, 0.1) is 10.1 Å². The second-order valence-corrected chi connectivity index (χ2v) is 5.14. The number of aromatic nitrogens is 1. The molecule has 9 heteroatoms. The van der Waals surface area contributed by atoms with Crippen LogP contribution in [0.15, 0.2) is 18.2 Å². The Hall–Kier alpha value is -2.26. The first-order valence-corrected chi connectivity index (χ1v) is 6.55. The molecule has 1 heterocycles. The molecule has 1 unspecified atom stereocenters. The number of amides is 2. The number of rotatable bonds is 4. The Bertz CT molecular complexity index is 655. The van der Waals surface area contributed by atoms with Crippen molar-refractivity contribution in [2.75, 3.05) is 11.9 Å². The lowest BCUT2D eigenvalue weighted by Gasteiger charge is -2.06. The van der Waals surface area contributed by atoms with Gasteiger partial charge in [-0.3, -0.25) is 15.4 Å². The van der Waals surface area contributed by atoms with Crippen LogP contribution in [0.5, 0.6) is 0 Å². The van der Waals surface area contributed by atoms with Gasteiger partial charge in [0, 0.05) is 18.7 Å². The van der Waals surface area contributed by atoms with E-state index in [1.807, 2.05) is 0 Å². The Morgan fingerprint density at radius 3 is 3.00 bits per heavy atom. The number of nitro groups is 1. The number of urea groups is 1. The third kappa shape index (κ3) is 3.39. The Balaban J connectivity index is 2.11. The average Bonchev–Trinajstić information content (AvgIpc) is 2.77. The molecule has 0 saturated carbocycles. The van der Waals surface area contributed by atoms with Crippen LogP contribution in [0.2, 0.25) is 0 Å². The van der Waals surface area contributed by atoms with Gasteiger partial charge in [-0.1, -0.05) is 11.3 Å². The van der Waals surface area contributed by atoms with Crippen molar-refractivity contribution in [2.45, 2.75) is 13.0 Å². The van der Waals surface area contributed by atoms with Crippen LogP contribution in [-0.2, 0) is 0 Å². The number of benzene rings is 1. The lowest BCUT2D eigenvalue weighted by Crippen LogP contribution is -2.34. The first kappa shape index (κ1) is 14.2. The van der Waals surface area contributed by atoms with E-state index in [1.54, 1.807) is 6.92 Å². The number of aliphatic hydroxyl groups excluding tert-OH is 1. The van der Waals surface area contributed by atoms with Crippen LogP contribution in [-0.4, -0.2) is 33.7 Å². The SMILES string of the molecule is CC(O)CNC(=O)Nc1nc2ccc([N+](=O)[O-])cc2s1. The molecule has 2 amide bonds. The van der Waals surface area contributed by atoms with Crippen molar-refractivity contribution >= 4 is 38.4 Å². The molecule has 2 rings (SSSR count). The molecule has 1 atom stereocenters. The van der Waals surface area contributed by atoms with E-state index in [-0.39, 0.29) is 12.2 Å². The van der Waals surface area contributed by atoms with Crippen LogP contribution in [0.4, 0.5) is 15.6 Å². The molecule has 2 aromatic rings. The van der Waals surface area contributed by atoms with Crippen molar-refractivity contribution in [1.82, 2.24) is 10.3 Å². The molecule has 8 nitrogen and oxygen atoms in total. The fraction of sp³-hybridized carbons (Fsp3) is 0.273. The van der Waals surface area contributed by atoms with Gasteiger partial charge in [0.15, 0.2) is 5.13 Å². The Morgan fingerprint density at radius 1 is 1.60 bits per heavy atom. The number of thiazole rings is 1. The van der Waals surface area contributed by atoms with Gasteiger partial charge >= 0.3 is 6.03 Å². The molecule has 1 aromatic heterocycles. The summed E-state index contributed by atoms with van der Waals surface area (Å²) in [5.41, 5.74) is 0.553. The summed E-state index contributed by atoms with van der Waals surface area (Å²) in [6.07, 6.45) is -0.640. The van der Waals surface area contributed by atoms with Crippen LogP contribution >= 0.6 is 11.3 Å². The summed E-state index contributed by atoms with van der Waals surface area (Å²) in [6, 6.07) is 3.81. The van der Waals surface area contributed by atoms with E-state index < -0.39 is 17.1 Å². The molecule has 0 saturated heterocycles. The quantitative estimate of drug-likeness (QED) is 0.586. The summed E-state index contributed by atoms with van der Waals surface area (Å²) in [5.74, 6) is 0. The summed E-state index contributed by atoms with van der Waals surface area (Å²) < 4.78 is 0.616. The van der Waals surface area contributed by atoms with E-state index in [0.717, 1.165) is 11.3 Å². The summed E-state index contributed by atoms with van der Waals surface area (Å²) in [6.45, 7) is 1.68. The second kappa shape index (κ2) is 5.80. The standard InChI is InChI=1S/C11H12N4O4S/c1-6(16)5-12-10(17)14-11-13-8-3-2-7(15(18)19)4-9(8)20-11/h2-4,6,16H,5H2,1H3,(H2,12,13,14,17). The van der Waals surface area contributed by atoms with E-state index in [1.165, 1.54) is 18.2 Å². The number of hydrogen-bond donors (Lipinski definition) is 3. The van der Waals surface area contributed by atoms with Gasteiger partial charge in [0.25, 0.3) is 5.69 Å². The molecule has 0 aliphatic rings. The molecular formula is C11H12N4O4S. The number of anilines is 1. The Labute approximate surface area is 117 Å². The predicted octanol–water partition coefficient (Wildman–Crippen LogP) is 1.71. The van der Waals surface area contributed by atoms with Crippen molar-refractivity contribution in [3.8, 4) is 0 Å².